The van der Waals surface area contributed by atoms with Crippen LogP contribution in [-0.2, 0) is 0 Å². The molecular formula is C44H26N2. The molecule has 0 atom stereocenters. The molecule has 0 unspecified atom stereocenters. The smallest absolute Gasteiger partial charge is 0.0991 e. The summed E-state index contributed by atoms with van der Waals surface area (Å²) in [5, 5.41) is 25.7. The van der Waals surface area contributed by atoms with E-state index in [9.17, 15) is 0 Å². The fraction of sp³-hybridized carbons (Fsp3) is 0. The fourth-order valence-electron chi connectivity index (χ4n) is 6.59. The third kappa shape index (κ3) is 4.67. The molecule has 0 aliphatic carbocycles. The van der Waals surface area contributed by atoms with Crippen LogP contribution in [0.1, 0.15) is 11.1 Å². The molecule has 0 aliphatic heterocycles. The van der Waals surface area contributed by atoms with Crippen LogP contribution < -0.4 is 0 Å². The van der Waals surface area contributed by atoms with Gasteiger partial charge in [-0.1, -0.05) is 121 Å². The molecule has 8 aromatic carbocycles. The van der Waals surface area contributed by atoms with Crippen LogP contribution in [0, 0.1) is 22.7 Å². The lowest BCUT2D eigenvalue weighted by Crippen LogP contribution is -1.89. The van der Waals surface area contributed by atoms with Crippen LogP contribution in [0.4, 0.5) is 0 Å². The lowest BCUT2D eigenvalue weighted by atomic mass is 9.87. The molecule has 0 saturated carbocycles. The third-order valence-corrected chi connectivity index (χ3v) is 8.97. The molecule has 8 aromatic rings. The van der Waals surface area contributed by atoms with Gasteiger partial charge in [0.1, 0.15) is 0 Å². The first kappa shape index (κ1) is 27.1. The van der Waals surface area contributed by atoms with Gasteiger partial charge in [-0.15, -0.1) is 0 Å². The van der Waals surface area contributed by atoms with Crippen LogP contribution in [0.15, 0.2) is 158 Å². The number of hydrogen-bond donors (Lipinski definition) is 0. The van der Waals surface area contributed by atoms with Crippen LogP contribution in [-0.4, -0.2) is 0 Å². The molecule has 0 radical (unpaired) electrons. The predicted molar refractivity (Wildman–Crippen MR) is 190 cm³/mol. The topological polar surface area (TPSA) is 47.6 Å². The molecule has 0 bridgehead atoms. The summed E-state index contributed by atoms with van der Waals surface area (Å²) in [7, 11) is 0. The van der Waals surface area contributed by atoms with Crippen LogP contribution in [0.25, 0.3) is 76.8 Å². The molecule has 0 spiro atoms. The van der Waals surface area contributed by atoms with E-state index < -0.39 is 0 Å². The highest BCUT2D eigenvalue weighted by molar-refractivity contribution is 6.23. The quantitative estimate of drug-likeness (QED) is 0.194. The first-order valence-electron chi connectivity index (χ1n) is 15.3. The van der Waals surface area contributed by atoms with E-state index in [2.05, 4.69) is 121 Å². The first-order chi connectivity index (χ1) is 22.7. The second kappa shape index (κ2) is 11.2. The van der Waals surface area contributed by atoms with Gasteiger partial charge in [0.05, 0.1) is 23.3 Å². The Morgan fingerprint density at radius 2 is 0.565 bits per heavy atom. The Bertz CT molecular complexity index is 2310. The fourth-order valence-corrected chi connectivity index (χ4v) is 6.59. The molecule has 0 aliphatic rings. The lowest BCUT2D eigenvalue weighted by Gasteiger charge is -2.16. The van der Waals surface area contributed by atoms with Crippen molar-refractivity contribution >= 4 is 32.3 Å². The van der Waals surface area contributed by atoms with E-state index in [0.29, 0.717) is 11.1 Å². The maximum atomic E-state index is 9.17. The van der Waals surface area contributed by atoms with Crippen LogP contribution in [0.5, 0.6) is 0 Å². The normalized spacial score (nSPS) is 11.0. The Balaban J connectivity index is 1.27. The van der Waals surface area contributed by atoms with Crippen LogP contribution in [0.2, 0.25) is 0 Å². The third-order valence-electron chi connectivity index (χ3n) is 8.97. The average molecular weight is 583 g/mol. The molecule has 0 N–H and O–H groups in total. The van der Waals surface area contributed by atoms with Gasteiger partial charge in [-0.3, -0.25) is 0 Å². The van der Waals surface area contributed by atoms with Crippen molar-refractivity contribution in [2.24, 2.45) is 0 Å². The van der Waals surface area contributed by atoms with Gasteiger partial charge in [-0.2, -0.15) is 10.5 Å². The molecule has 0 heterocycles. The summed E-state index contributed by atoms with van der Waals surface area (Å²) < 4.78 is 0. The Morgan fingerprint density at radius 3 is 0.891 bits per heavy atom. The van der Waals surface area contributed by atoms with Crippen molar-refractivity contribution in [1.82, 2.24) is 0 Å². The first-order valence-corrected chi connectivity index (χ1v) is 15.3. The van der Waals surface area contributed by atoms with Crippen molar-refractivity contribution in [2.75, 3.05) is 0 Å². The van der Waals surface area contributed by atoms with Gasteiger partial charge in [-0.25, -0.2) is 0 Å². The van der Waals surface area contributed by atoms with Gasteiger partial charge in [-0.05, 0) is 113 Å². The SMILES string of the molecule is N#Cc1ccc(-c2ccc(-c3cc4c5ccccc5c(-c5ccc(-c6ccc(C#N)cc6)cc5)cc4c4ccccc34)cc2)cc1. The van der Waals surface area contributed by atoms with E-state index in [1.807, 2.05) is 48.5 Å². The van der Waals surface area contributed by atoms with Crippen molar-refractivity contribution in [3.63, 3.8) is 0 Å². The Labute approximate surface area is 267 Å². The van der Waals surface area contributed by atoms with Gasteiger partial charge in [0.25, 0.3) is 0 Å². The largest absolute Gasteiger partial charge is 0.192 e. The second-order valence-corrected chi connectivity index (χ2v) is 11.6. The molecule has 0 saturated heterocycles. The number of hydrogen-bond acceptors (Lipinski definition) is 2. The maximum Gasteiger partial charge on any atom is 0.0991 e. The molecule has 46 heavy (non-hydrogen) atoms. The van der Waals surface area contributed by atoms with E-state index in [1.54, 1.807) is 0 Å². The number of nitrogens with zero attached hydrogens (tertiary/aromatic N) is 2. The molecule has 212 valence electrons. The predicted octanol–water partition coefficient (Wildman–Crippen LogP) is 11.6. The summed E-state index contributed by atoms with van der Waals surface area (Å²) in [5.41, 5.74) is 10.5. The summed E-state index contributed by atoms with van der Waals surface area (Å²) in [5.74, 6) is 0. The molecular weight excluding hydrogens is 556 g/mol. The summed E-state index contributed by atoms with van der Waals surface area (Å²) >= 11 is 0. The number of rotatable bonds is 4. The van der Waals surface area contributed by atoms with E-state index in [4.69, 9.17) is 10.5 Å². The zero-order valence-corrected chi connectivity index (χ0v) is 24.9. The zero-order valence-electron chi connectivity index (χ0n) is 24.9. The standard InChI is InChI=1S/C44H26N2/c45-27-29-9-13-31(14-10-29)33-17-21-35(22-18-33)41-25-44-40-8-4-2-6-38(40)42(26-43(44)39-7-3-1-5-37(39)41)36-23-19-34(20-24-36)32-15-11-30(28-46)12-16-32/h1-26H. The van der Waals surface area contributed by atoms with E-state index in [0.717, 1.165) is 22.3 Å². The monoisotopic (exact) mass is 582 g/mol. The number of fused-ring (bicyclic) bond motifs is 5. The van der Waals surface area contributed by atoms with Crippen LogP contribution >= 0.6 is 0 Å². The van der Waals surface area contributed by atoms with Crippen molar-refractivity contribution in [2.45, 2.75) is 0 Å². The lowest BCUT2D eigenvalue weighted by molar-refractivity contribution is 1.48. The Hall–Kier alpha value is -6.48. The molecule has 0 aromatic heterocycles. The van der Waals surface area contributed by atoms with Gasteiger partial charge in [0.2, 0.25) is 0 Å². The number of benzene rings is 8. The minimum absolute atomic E-state index is 0.665. The highest BCUT2D eigenvalue weighted by Crippen LogP contribution is 2.42. The zero-order chi connectivity index (χ0) is 31.0. The van der Waals surface area contributed by atoms with Gasteiger partial charge in [0.15, 0.2) is 0 Å². The summed E-state index contributed by atoms with van der Waals surface area (Å²) in [6, 6.07) is 59.4. The Kier molecular flexibility index (Phi) is 6.61. The molecule has 0 fully saturated rings. The van der Waals surface area contributed by atoms with Crippen molar-refractivity contribution in [3.8, 4) is 56.6 Å². The van der Waals surface area contributed by atoms with Crippen LogP contribution in [0.3, 0.4) is 0 Å². The highest BCUT2D eigenvalue weighted by Gasteiger charge is 2.15. The summed E-state index contributed by atoms with van der Waals surface area (Å²) in [6.45, 7) is 0. The van der Waals surface area contributed by atoms with Gasteiger partial charge < -0.3 is 0 Å². The summed E-state index contributed by atoms with van der Waals surface area (Å²) in [4.78, 5) is 0. The van der Waals surface area contributed by atoms with E-state index in [-0.39, 0.29) is 0 Å². The van der Waals surface area contributed by atoms with Crippen molar-refractivity contribution < 1.29 is 0 Å². The number of nitriles is 2. The van der Waals surface area contributed by atoms with E-state index in [1.165, 1.54) is 54.6 Å². The second-order valence-electron chi connectivity index (χ2n) is 11.6. The minimum atomic E-state index is 0.665. The molecule has 8 rings (SSSR count). The van der Waals surface area contributed by atoms with Gasteiger partial charge >= 0.3 is 0 Å². The highest BCUT2D eigenvalue weighted by atomic mass is 14.2. The molecule has 0 amide bonds. The van der Waals surface area contributed by atoms with Crippen molar-refractivity contribution in [3.05, 3.63) is 169 Å². The Morgan fingerprint density at radius 1 is 0.283 bits per heavy atom. The molecule has 2 nitrogen and oxygen atoms in total. The van der Waals surface area contributed by atoms with Crippen molar-refractivity contribution in [1.29, 1.82) is 10.5 Å². The average Bonchev–Trinajstić information content (AvgIpc) is 3.14. The van der Waals surface area contributed by atoms with Gasteiger partial charge in [0, 0.05) is 0 Å². The molecule has 2 heteroatoms. The summed E-state index contributed by atoms with van der Waals surface area (Å²) in [6.07, 6.45) is 0. The minimum Gasteiger partial charge on any atom is -0.192 e. The van der Waals surface area contributed by atoms with E-state index >= 15 is 0 Å². The maximum absolute atomic E-state index is 9.17.